The Balaban J connectivity index is 1.05. The molecule has 0 N–H and O–H groups in total. The van der Waals surface area contributed by atoms with Gasteiger partial charge in [0, 0.05) is 10.8 Å². The predicted molar refractivity (Wildman–Crippen MR) is 192 cm³/mol. The van der Waals surface area contributed by atoms with E-state index < -0.39 is 0 Å². The van der Waals surface area contributed by atoms with Gasteiger partial charge in [-0.2, -0.15) is 0 Å². The summed E-state index contributed by atoms with van der Waals surface area (Å²) in [4.78, 5) is 0. The quantitative estimate of drug-likeness (QED) is 0.189. The molecule has 206 valence electrons. The van der Waals surface area contributed by atoms with Gasteiger partial charge in [0.1, 0.15) is 11.2 Å². The fourth-order valence-corrected chi connectivity index (χ4v) is 7.98. The first-order valence-electron chi connectivity index (χ1n) is 15.6. The SMILES string of the molecule is c1cc2ccc3cc(-c4ccc5c(c4)oc4ccc(-c6cc7ccc8cccc9ccc(c6)c7c89)cc45)cc4ccc(c1)c2c34. The van der Waals surface area contributed by atoms with Gasteiger partial charge in [-0.1, -0.05) is 97.1 Å². The Labute approximate surface area is 258 Å². The second-order valence-corrected chi connectivity index (χ2v) is 12.5. The Hall–Kier alpha value is -5.92. The molecular weight excluding hydrogens is 544 g/mol. The van der Waals surface area contributed by atoms with Crippen LogP contribution in [-0.2, 0) is 0 Å². The summed E-state index contributed by atoms with van der Waals surface area (Å²) in [5.74, 6) is 0. The number of fused-ring (bicyclic) bond motifs is 3. The largest absolute Gasteiger partial charge is 0.456 e. The number of furan rings is 1. The number of benzene rings is 10. The van der Waals surface area contributed by atoms with E-state index in [-0.39, 0.29) is 0 Å². The van der Waals surface area contributed by atoms with Crippen LogP contribution in [0.3, 0.4) is 0 Å². The van der Waals surface area contributed by atoms with Gasteiger partial charge >= 0.3 is 0 Å². The van der Waals surface area contributed by atoms with Crippen LogP contribution in [-0.4, -0.2) is 0 Å². The first-order chi connectivity index (χ1) is 22.2. The van der Waals surface area contributed by atoms with Crippen molar-refractivity contribution in [2.24, 2.45) is 0 Å². The van der Waals surface area contributed by atoms with Gasteiger partial charge in [0.25, 0.3) is 0 Å². The average molecular weight is 569 g/mol. The second-order valence-electron chi connectivity index (χ2n) is 12.5. The van der Waals surface area contributed by atoms with Crippen molar-refractivity contribution in [3.05, 3.63) is 146 Å². The van der Waals surface area contributed by atoms with Crippen LogP contribution < -0.4 is 0 Å². The van der Waals surface area contributed by atoms with E-state index in [0.717, 1.165) is 21.9 Å². The standard InChI is InChI=1S/C44H24O/c1-3-25-7-11-31-19-35(20-32-12-8-26(4-1)41(25)43(31)32)29-16-18-39-38(23-29)37-17-15-30(24-40(37)45-39)36-21-33-13-9-27-5-2-6-28-10-14-34(22-36)44(33)42(27)28/h1-24H. The van der Waals surface area contributed by atoms with Crippen molar-refractivity contribution in [1.82, 2.24) is 0 Å². The lowest BCUT2D eigenvalue weighted by Gasteiger charge is -2.13. The summed E-state index contributed by atoms with van der Waals surface area (Å²) in [7, 11) is 0. The van der Waals surface area contributed by atoms with E-state index in [9.17, 15) is 0 Å². The van der Waals surface area contributed by atoms with E-state index in [1.807, 2.05) is 0 Å². The molecule has 1 aromatic heterocycles. The Morgan fingerprint density at radius 1 is 0.267 bits per heavy atom. The fourth-order valence-electron chi connectivity index (χ4n) is 7.98. The zero-order valence-corrected chi connectivity index (χ0v) is 24.3. The highest BCUT2D eigenvalue weighted by Gasteiger charge is 2.15. The Bertz CT molecular complexity index is 2850. The minimum Gasteiger partial charge on any atom is -0.456 e. The van der Waals surface area contributed by atoms with Crippen LogP contribution in [0.4, 0.5) is 0 Å². The molecule has 10 aromatic carbocycles. The molecule has 0 amide bonds. The molecule has 0 aliphatic carbocycles. The zero-order valence-electron chi connectivity index (χ0n) is 24.3. The van der Waals surface area contributed by atoms with Gasteiger partial charge in [0.15, 0.2) is 0 Å². The highest BCUT2D eigenvalue weighted by atomic mass is 16.3. The van der Waals surface area contributed by atoms with Crippen molar-refractivity contribution in [2.45, 2.75) is 0 Å². The second kappa shape index (κ2) is 8.37. The summed E-state index contributed by atoms with van der Waals surface area (Å²) in [6, 6.07) is 53.8. The maximum absolute atomic E-state index is 6.46. The van der Waals surface area contributed by atoms with E-state index in [1.165, 1.54) is 86.9 Å². The molecule has 0 saturated heterocycles. The van der Waals surface area contributed by atoms with Gasteiger partial charge in [-0.15, -0.1) is 0 Å². The molecule has 11 rings (SSSR count). The van der Waals surface area contributed by atoms with E-state index in [2.05, 4.69) is 146 Å². The average Bonchev–Trinajstić information content (AvgIpc) is 3.46. The van der Waals surface area contributed by atoms with Crippen LogP contribution in [0.2, 0.25) is 0 Å². The Morgan fingerprint density at radius 3 is 1.20 bits per heavy atom. The van der Waals surface area contributed by atoms with Crippen molar-refractivity contribution in [3.63, 3.8) is 0 Å². The number of hydrogen-bond donors (Lipinski definition) is 0. The normalized spacial score (nSPS) is 12.4. The molecule has 0 aliphatic heterocycles. The van der Waals surface area contributed by atoms with Crippen molar-refractivity contribution in [3.8, 4) is 22.3 Å². The zero-order chi connectivity index (χ0) is 29.2. The van der Waals surface area contributed by atoms with E-state index >= 15 is 0 Å². The summed E-state index contributed by atoms with van der Waals surface area (Å²) in [5.41, 5.74) is 6.63. The van der Waals surface area contributed by atoms with Gasteiger partial charge in [-0.25, -0.2) is 0 Å². The molecule has 1 nitrogen and oxygen atoms in total. The van der Waals surface area contributed by atoms with Crippen molar-refractivity contribution < 1.29 is 4.42 Å². The Morgan fingerprint density at radius 2 is 0.689 bits per heavy atom. The lowest BCUT2D eigenvalue weighted by Crippen LogP contribution is -1.86. The predicted octanol–water partition coefficient (Wildman–Crippen LogP) is 12.7. The monoisotopic (exact) mass is 568 g/mol. The van der Waals surface area contributed by atoms with Crippen LogP contribution in [0, 0.1) is 0 Å². The highest BCUT2D eigenvalue weighted by molar-refractivity contribution is 6.25. The topological polar surface area (TPSA) is 13.1 Å². The molecule has 0 fully saturated rings. The van der Waals surface area contributed by atoms with Crippen LogP contribution in [0.25, 0.3) is 109 Å². The van der Waals surface area contributed by atoms with Gasteiger partial charge in [-0.3, -0.25) is 0 Å². The summed E-state index contributed by atoms with van der Waals surface area (Å²) < 4.78 is 6.46. The maximum Gasteiger partial charge on any atom is 0.136 e. The Kier molecular flexibility index (Phi) is 4.38. The van der Waals surface area contributed by atoms with Gasteiger partial charge in [0.05, 0.1) is 0 Å². The first kappa shape index (κ1) is 23.5. The summed E-state index contributed by atoms with van der Waals surface area (Å²) in [6.45, 7) is 0. The van der Waals surface area contributed by atoms with Crippen LogP contribution in [0.1, 0.15) is 0 Å². The number of hydrogen-bond acceptors (Lipinski definition) is 1. The van der Waals surface area contributed by atoms with Gasteiger partial charge in [-0.05, 0) is 135 Å². The van der Waals surface area contributed by atoms with Crippen LogP contribution in [0.15, 0.2) is 150 Å². The van der Waals surface area contributed by atoms with E-state index in [0.29, 0.717) is 0 Å². The summed E-state index contributed by atoms with van der Waals surface area (Å²) in [5, 5.41) is 18.0. The fraction of sp³-hybridized carbons (Fsp3) is 0. The van der Waals surface area contributed by atoms with E-state index in [4.69, 9.17) is 4.42 Å². The lowest BCUT2D eigenvalue weighted by atomic mass is 9.91. The third-order valence-electron chi connectivity index (χ3n) is 10.1. The molecule has 0 radical (unpaired) electrons. The van der Waals surface area contributed by atoms with Crippen LogP contribution >= 0.6 is 0 Å². The molecule has 0 bridgehead atoms. The molecule has 11 aromatic rings. The third kappa shape index (κ3) is 3.22. The lowest BCUT2D eigenvalue weighted by molar-refractivity contribution is 0.669. The molecule has 1 heteroatoms. The minimum absolute atomic E-state index is 0.916. The van der Waals surface area contributed by atoms with E-state index in [1.54, 1.807) is 0 Å². The van der Waals surface area contributed by atoms with Crippen molar-refractivity contribution in [2.75, 3.05) is 0 Å². The summed E-state index contributed by atoms with van der Waals surface area (Å²) in [6.07, 6.45) is 0. The smallest absolute Gasteiger partial charge is 0.136 e. The molecule has 1 heterocycles. The molecule has 0 saturated carbocycles. The first-order valence-corrected chi connectivity index (χ1v) is 15.6. The minimum atomic E-state index is 0.916. The van der Waals surface area contributed by atoms with Crippen molar-refractivity contribution in [1.29, 1.82) is 0 Å². The molecular formula is C44H24O. The maximum atomic E-state index is 6.46. The van der Waals surface area contributed by atoms with Gasteiger partial charge < -0.3 is 4.42 Å². The summed E-state index contributed by atoms with van der Waals surface area (Å²) >= 11 is 0. The molecule has 0 atom stereocenters. The number of rotatable bonds is 2. The molecule has 45 heavy (non-hydrogen) atoms. The van der Waals surface area contributed by atoms with Crippen LogP contribution in [0.5, 0.6) is 0 Å². The third-order valence-corrected chi connectivity index (χ3v) is 10.1. The molecule has 0 aliphatic rings. The molecule has 0 unspecified atom stereocenters. The highest BCUT2D eigenvalue weighted by Crippen LogP contribution is 2.41. The van der Waals surface area contributed by atoms with Gasteiger partial charge in [0.2, 0.25) is 0 Å². The molecule has 0 spiro atoms. The van der Waals surface area contributed by atoms with Crippen molar-refractivity contribution >= 4 is 86.6 Å².